The summed E-state index contributed by atoms with van der Waals surface area (Å²) in [4.78, 5) is 15.8. The highest BCUT2D eigenvalue weighted by Gasteiger charge is 2.29. The number of alkyl halides is 3. The Hall–Kier alpha value is -1.87. The van der Waals surface area contributed by atoms with Crippen LogP contribution in [0.2, 0.25) is 0 Å². The highest BCUT2D eigenvalue weighted by molar-refractivity contribution is 5.82. The van der Waals surface area contributed by atoms with Crippen LogP contribution in [0, 0.1) is 0 Å². The van der Waals surface area contributed by atoms with Gasteiger partial charge in [-0.15, -0.1) is 0 Å². The predicted octanol–water partition coefficient (Wildman–Crippen LogP) is 1.02. The van der Waals surface area contributed by atoms with Gasteiger partial charge in [0, 0.05) is 25.4 Å². The van der Waals surface area contributed by atoms with Crippen molar-refractivity contribution in [2.24, 2.45) is 0 Å². The summed E-state index contributed by atoms with van der Waals surface area (Å²) in [6, 6.07) is 2.50. The van der Waals surface area contributed by atoms with Gasteiger partial charge in [0.15, 0.2) is 6.61 Å². The van der Waals surface area contributed by atoms with Crippen LogP contribution in [-0.4, -0.2) is 49.0 Å². The molecule has 0 unspecified atom stereocenters. The molecule has 2 N–H and O–H groups in total. The van der Waals surface area contributed by atoms with Crippen LogP contribution in [-0.2, 0) is 16.1 Å². The van der Waals surface area contributed by atoms with E-state index in [0.717, 1.165) is 0 Å². The number of carbonyl (C=O) groups excluding carboxylic acids is 1. The van der Waals surface area contributed by atoms with Gasteiger partial charge >= 0.3 is 6.18 Å². The smallest absolute Gasteiger partial charge is 0.422 e. The van der Waals surface area contributed by atoms with Gasteiger partial charge in [-0.1, -0.05) is 0 Å². The molecule has 1 aliphatic heterocycles. The van der Waals surface area contributed by atoms with Crippen LogP contribution < -0.4 is 15.4 Å². The Morgan fingerprint density at radius 3 is 3.04 bits per heavy atom. The molecule has 1 amide bonds. The van der Waals surface area contributed by atoms with Crippen molar-refractivity contribution in [2.75, 3.05) is 19.8 Å². The molecule has 0 spiro atoms. The zero-order valence-corrected chi connectivity index (χ0v) is 12.5. The summed E-state index contributed by atoms with van der Waals surface area (Å²) in [6.07, 6.45) is -3.33. The molecule has 2 atom stereocenters. The molecule has 9 heteroatoms. The molecule has 1 fully saturated rings. The number of hydrogen-bond acceptors (Lipinski definition) is 5. The number of hydrogen-bond donors (Lipinski definition) is 2. The Bertz CT molecular complexity index is 539. The van der Waals surface area contributed by atoms with E-state index >= 15 is 0 Å². The lowest BCUT2D eigenvalue weighted by Crippen LogP contribution is -2.55. The summed E-state index contributed by atoms with van der Waals surface area (Å²) < 4.78 is 46.3. The van der Waals surface area contributed by atoms with Crippen LogP contribution in [0.4, 0.5) is 13.2 Å². The minimum atomic E-state index is -4.42. The number of nitrogens with zero attached hydrogens (tertiary/aromatic N) is 1. The molecule has 1 aliphatic rings. The van der Waals surface area contributed by atoms with Crippen molar-refractivity contribution in [3.8, 4) is 5.88 Å². The molecule has 0 aliphatic carbocycles. The van der Waals surface area contributed by atoms with Gasteiger partial charge in [-0.3, -0.25) is 4.79 Å². The van der Waals surface area contributed by atoms with Crippen LogP contribution in [0.5, 0.6) is 5.88 Å². The number of rotatable bonds is 5. The van der Waals surface area contributed by atoms with Crippen molar-refractivity contribution >= 4 is 5.91 Å². The van der Waals surface area contributed by atoms with Gasteiger partial charge in [-0.05, 0) is 18.6 Å². The average Bonchev–Trinajstić information content (AvgIpc) is 2.51. The topological polar surface area (TPSA) is 72.5 Å². The molecule has 0 radical (unpaired) electrons. The SMILES string of the molecule is C[C@H]1OCCN[C@@H]1C(=O)NCc1ccnc(OCC(F)(F)F)c1. The fourth-order valence-electron chi connectivity index (χ4n) is 2.12. The maximum Gasteiger partial charge on any atom is 0.422 e. The van der Waals surface area contributed by atoms with Crippen LogP contribution in [0.3, 0.4) is 0 Å². The fraction of sp³-hybridized carbons (Fsp3) is 0.571. The molecule has 23 heavy (non-hydrogen) atoms. The Balaban J connectivity index is 1.86. The minimum Gasteiger partial charge on any atom is -0.468 e. The van der Waals surface area contributed by atoms with E-state index in [1.807, 2.05) is 0 Å². The Morgan fingerprint density at radius 1 is 1.57 bits per heavy atom. The van der Waals surface area contributed by atoms with Gasteiger partial charge in [0.2, 0.25) is 11.8 Å². The molecule has 128 valence electrons. The summed E-state index contributed by atoms with van der Waals surface area (Å²) >= 11 is 0. The molecule has 2 heterocycles. The Labute approximate surface area is 131 Å². The summed E-state index contributed by atoms with van der Waals surface area (Å²) in [5.74, 6) is -0.367. The molecular weight excluding hydrogens is 315 g/mol. The summed E-state index contributed by atoms with van der Waals surface area (Å²) in [5.41, 5.74) is 0.593. The molecule has 6 nitrogen and oxygen atoms in total. The van der Waals surface area contributed by atoms with E-state index in [2.05, 4.69) is 20.4 Å². The van der Waals surface area contributed by atoms with E-state index in [0.29, 0.717) is 18.7 Å². The first-order chi connectivity index (χ1) is 10.8. The fourth-order valence-corrected chi connectivity index (χ4v) is 2.12. The van der Waals surface area contributed by atoms with E-state index in [9.17, 15) is 18.0 Å². The second-order valence-corrected chi connectivity index (χ2v) is 5.13. The third-order valence-corrected chi connectivity index (χ3v) is 3.25. The van der Waals surface area contributed by atoms with E-state index in [-0.39, 0.29) is 24.4 Å². The number of morpholine rings is 1. The van der Waals surface area contributed by atoms with Crippen molar-refractivity contribution < 1.29 is 27.4 Å². The lowest BCUT2D eigenvalue weighted by Gasteiger charge is -2.29. The highest BCUT2D eigenvalue weighted by Crippen LogP contribution is 2.17. The van der Waals surface area contributed by atoms with Gasteiger partial charge in [0.05, 0.1) is 12.7 Å². The quantitative estimate of drug-likeness (QED) is 0.842. The van der Waals surface area contributed by atoms with Crippen LogP contribution in [0.25, 0.3) is 0 Å². The van der Waals surface area contributed by atoms with Crippen LogP contribution in [0.15, 0.2) is 18.3 Å². The van der Waals surface area contributed by atoms with Crippen molar-refractivity contribution in [1.29, 1.82) is 0 Å². The highest BCUT2D eigenvalue weighted by atomic mass is 19.4. The number of halogens is 3. The van der Waals surface area contributed by atoms with Crippen molar-refractivity contribution in [2.45, 2.75) is 31.8 Å². The normalized spacial score (nSPS) is 21.7. The number of carbonyl (C=O) groups is 1. The summed E-state index contributed by atoms with van der Waals surface area (Å²) in [7, 11) is 0. The lowest BCUT2D eigenvalue weighted by molar-refractivity contribution is -0.154. The predicted molar refractivity (Wildman–Crippen MR) is 74.8 cm³/mol. The first kappa shape index (κ1) is 17.5. The van der Waals surface area contributed by atoms with Crippen molar-refractivity contribution in [3.63, 3.8) is 0 Å². The molecule has 1 aromatic rings. The number of pyridine rings is 1. The molecule has 0 saturated carbocycles. The van der Waals surface area contributed by atoms with E-state index in [1.54, 1.807) is 13.0 Å². The van der Waals surface area contributed by atoms with Gasteiger partial charge in [-0.25, -0.2) is 4.98 Å². The third-order valence-electron chi connectivity index (χ3n) is 3.25. The maximum atomic E-state index is 12.1. The summed E-state index contributed by atoms with van der Waals surface area (Å²) in [5, 5.41) is 5.77. The maximum absolute atomic E-state index is 12.1. The second kappa shape index (κ2) is 7.60. The molecule has 1 aromatic heterocycles. The second-order valence-electron chi connectivity index (χ2n) is 5.13. The standard InChI is InChI=1S/C14H18F3N3O3/c1-9-12(19-4-5-22-9)13(21)20-7-10-2-3-18-11(6-10)23-8-14(15,16)17/h2-3,6,9,12,19H,4-5,7-8H2,1H3,(H,20,21)/t9-,12+/m1/s1. The van der Waals surface area contributed by atoms with E-state index < -0.39 is 18.8 Å². The molecule has 0 aromatic carbocycles. The number of ether oxygens (including phenoxy) is 2. The minimum absolute atomic E-state index is 0.137. The van der Waals surface area contributed by atoms with Crippen LogP contribution in [0.1, 0.15) is 12.5 Å². The van der Waals surface area contributed by atoms with Gasteiger partial charge in [0.25, 0.3) is 0 Å². The third kappa shape index (κ3) is 5.68. The lowest BCUT2D eigenvalue weighted by atomic mass is 10.1. The van der Waals surface area contributed by atoms with Crippen LogP contribution >= 0.6 is 0 Å². The number of aromatic nitrogens is 1. The Morgan fingerprint density at radius 2 is 2.35 bits per heavy atom. The molecule has 0 bridgehead atoms. The first-order valence-electron chi connectivity index (χ1n) is 7.12. The summed E-state index contributed by atoms with van der Waals surface area (Å²) in [6.45, 7) is 1.69. The first-order valence-corrected chi connectivity index (χ1v) is 7.12. The zero-order chi connectivity index (χ0) is 16.9. The zero-order valence-electron chi connectivity index (χ0n) is 12.5. The average molecular weight is 333 g/mol. The Kier molecular flexibility index (Phi) is 5.78. The van der Waals surface area contributed by atoms with Gasteiger partial charge in [-0.2, -0.15) is 13.2 Å². The molecular formula is C14H18F3N3O3. The van der Waals surface area contributed by atoms with E-state index in [4.69, 9.17) is 4.74 Å². The van der Waals surface area contributed by atoms with Gasteiger partial charge < -0.3 is 20.1 Å². The molecule has 1 saturated heterocycles. The number of amides is 1. The van der Waals surface area contributed by atoms with Crippen molar-refractivity contribution in [1.82, 2.24) is 15.6 Å². The van der Waals surface area contributed by atoms with Crippen molar-refractivity contribution in [3.05, 3.63) is 23.9 Å². The largest absolute Gasteiger partial charge is 0.468 e. The molecule has 2 rings (SSSR count). The monoisotopic (exact) mass is 333 g/mol. The number of nitrogens with one attached hydrogen (secondary N) is 2. The van der Waals surface area contributed by atoms with Gasteiger partial charge in [0.1, 0.15) is 6.04 Å². The van der Waals surface area contributed by atoms with E-state index in [1.165, 1.54) is 12.3 Å².